The molecule has 6 aromatic rings. The van der Waals surface area contributed by atoms with E-state index in [0.717, 1.165) is 73.8 Å². The van der Waals surface area contributed by atoms with Gasteiger partial charge in [0.15, 0.2) is 0 Å². The van der Waals surface area contributed by atoms with Crippen LogP contribution in [0.5, 0.6) is 0 Å². The summed E-state index contributed by atoms with van der Waals surface area (Å²) in [7, 11) is 0. The third kappa shape index (κ3) is 3.69. The van der Waals surface area contributed by atoms with Gasteiger partial charge in [-0.05, 0) is 36.8 Å². The minimum Gasteiger partial charge on any atom is -0.352 e. The molecule has 0 aromatic carbocycles. The number of anilines is 1. The Hall–Kier alpha value is -4.41. The summed E-state index contributed by atoms with van der Waals surface area (Å²) in [5.74, 6) is 0.813. The summed E-state index contributed by atoms with van der Waals surface area (Å²) >= 11 is 1.72. The molecule has 1 fully saturated rings. The maximum Gasteiger partial charge on any atom is 0.147 e. The fraction of sp³-hybridized carbons (Fsp3) is 0.148. The van der Waals surface area contributed by atoms with E-state index in [-0.39, 0.29) is 6.04 Å². The number of fused-ring (bicyclic) bond motifs is 2. The highest BCUT2D eigenvalue weighted by Crippen LogP contribution is 2.37. The SMILES string of the molecule is C=C(C)c1ccc(-c2cncc3[nH]c(-c4n[nH]c5cnc(-c6cncc(N7CC(N)C7)n6)cc45)cc23)s1. The number of rotatable bonds is 5. The number of aromatic amines is 2. The molecule has 7 heterocycles. The molecule has 0 bridgehead atoms. The summed E-state index contributed by atoms with van der Waals surface area (Å²) in [6, 6.07) is 8.57. The zero-order valence-corrected chi connectivity index (χ0v) is 20.9. The van der Waals surface area contributed by atoms with Gasteiger partial charge in [-0.2, -0.15) is 5.10 Å². The van der Waals surface area contributed by atoms with Gasteiger partial charge in [0, 0.05) is 51.4 Å². The van der Waals surface area contributed by atoms with Crippen LogP contribution >= 0.6 is 11.3 Å². The Morgan fingerprint density at radius 1 is 1.03 bits per heavy atom. The number of hydrogen-bond acceptors (Lipinski definition) is 8. The van der Waals surface area contributed by atoms with Crippen molar-refractivity contribution in [1.82, 2.24) is 35.1 Å². The van der Waals surface area contributed by atoms with Crippen LogP contribution in [0.2, 0.25) is 0 Å². The molecule has 1 aliphatic rings. The largest absolute Gasteiger partial charge is 0.352 e. The summed E-state index contributed by atoms with van der Waals surface area (Å²) in [4.78, 5) is 26.2. The van der Waals surface area contributed by atoms with Crippen molar-refractivity contribution < 1.29 is 0 Å². The van der Waals surface area contributed by atoms with Crippen molar-refractivity contribution in [3.05, 3.63) is 66.7 Å². The molecule has 0 unspecified atom stereocenters. The second-order valence-electron chi connectivity index (χ2n) is 9.39. The van der Waals surface area contributed by atoms with Crippen LogP contribution in [0, 0.1) is 0 Å². The van der Waals surface area contributed by atoms with Gasteiger partial charge in [-0.15, -0.1) is 11.3 Å². The van der Waals surface area contributed by atoms with Crippen molar-refractivity contribution in [2.75, 3.05) is 18.0 Å². The first-order chi connectivity index (χ1) is 18.0. The summed E-state index contributed by atoms with van der Waals surface area (Å²) < 4.78 is 0. The molecule has 9 nitrogen and oxygen atoms in total. The molecule has 0 amide bonds. The second kappa shape index (κ2) is 8.32. The highest BCUT2D eigenvalue weighted by Gasteiger charge is 2.25. The minimum atomic E-state index is 0.188. The van der Waals surface area contributed by atoms with Gasteiger partial charge < -0.3 is 15.6 Å². The highest BCUT2D eigenvalue weighted by molar-refractivity contribution is 7.16. The van der Waals surface area contributed by atoms with Crippen LogP contribution in [-0.4, -0.2) is 54.2 Å². The lowest BCUT2D eigenvalue weighted by atomic mass is 10.1. The maximum atomic E-state index is 5.94. The van der Waals surface area contributed by atoms with Gasteiger partial charge in [0.25, 0.3) is 0 Å². The zero-order valence-electron chi connectivity index (χ0n) is 20.1. The van der Waals surface area contributed by atoms with E-state index in [9.17, 15) is 0 Å². The summed E-state index contributed by atoms with van der Waals surface area (Å²) in [6.07, 6.45) is 9.05. The van der Waals surface area contributed by atoms with Crippen molar-refractivity contribution in [2.24, 2.45) is 5.73 Å². The quantitative estimate of drug-likeness (QED) is 0.305. The Bertz CT molecular complexity index is 1810. The molecule has 10 heteroatoms. The van der Waals surface area contributed by atoms with Gasteiger partial charge in [0.05, 0.1) is 47.2 Å². The van der Waals surface area contributed by atoms with Crippen LogP contribution in [0.3, 0.4) is 0 Å². The van der Waals surface area contributed by atoms with Gasteiger partial charge in [-0.3, -0.25) is 20.1 Å². The molecule has 0 spiro atoms. The number of pyridine rings is 2. The van der Waals surface area contributed by atoms with Crippen LogP contribution in [-0.2, 0) is 0 Å². The Kier molecular flexibility index (Phi) is 4.91. The Morgan fingerprint density at radius 2 is 1.89 bits per heavy atom. The summed E-state index contributed by atoms with van der Waals surface area (Å²) in [5, 5.41) is 9.77. The fourth-order valence-corrected chi connectivity index (χ4v) is 5.64. The summed E-state index contributed by atoms with van der Waals surface area (Å²) in [5.41, 5.74) is 13.0. The lowest BCUT2D eigenvalue weighted by Crippen LogP contribution is -2.56. The van der Waals surface area contributed by atoms with Crippen molar-refractivity contribution >= 4 is 44.5 Å². The van der Waals surface area contributed by atoms with Crippen molar-refractivity contribution in [1.29, 1.82) is 0 Å². The Labute approximate surface area is 216 Å². The first-order valence-electron chi connectivity index (χ1n) is 11.9. The molecule has 0 radical (unpaired) electrons. The first-order valence-corrected chi connectivity index (χ1v) is 12.8. The Morgan fingerprint density at radius 3 is 2.70 bits per heavy atom. The number of H-pyrrole nitrogens is 2. The second-order valence-corrected chi connectivity index (χ2v) is 10.5. The van der Waals surface area contributed by atoms with E-state index in [2.05, 4.69) is 59.8 Å². The first kappa shape index (κ1) is 21.8. The van der Waals surface area contributed by atoms with E-state index in [0.29, 0.717) is 5.69 Å². The maximum absolute atomic E-state index is 5.94. The average Bonchev–Trinajstić information content (AvgIpc) is 3.64. The van der Waals surface area contributed by atoms with Crippen LogP contribution < -0.4 is 10.6 Å². The number of hydrogen-bond donors (Lipinski definition) is 3. The van der Waals surface area contributed by atoms with Crippen LogP contribution in [0.15, 0.2) is 61.8 Å². The van der Waals surface area contributed by atoms with Gasteiger partial charge in [0.2, 0.25) is 0 Å². The molecule has 1 saturated heterocycles. The van der Waals surface area contributed by atoms with Crippen LogP contribution in [0.25, 0.3) is 60.6 Å². The summed E-state index contributed by atoms with van der Waals surface area (Å²) in [6.45, 7) is 7.67. The molecular formula is C27H23N9S. The standard InChI is InChI=1S/C27H23N9S/c1-14(2)24-3-4-25(37-24)18-7-29-8-21-16(18)5-20(32-21)27-17-6-19(31-10-22(17)34-35-27)23-9-30-11-26(33-23)36-12-15(28)13-36/h3-11,15,32H,1,12-13,28H2,2H3,(H,34,35). The van der Waals surface area contributed by atoms with Crippen LogP contribution in [0.1, 0.15) is 11.8 Å². The number of allylic oxidation sites excluding steroid dienone is 1. The molecule has 0 atom stereocenters. The molecule has 7 rings (SSSR count). The lowest BCUT2D eigenvalue weighted by Gasteiger charge is -2.37. The molecule has 37 heavy (non-hydrogen) atoms. The molecule has 1 aliphatic heterocycles. The third-order valence-corrected chi connectivity index (χ3v) is 7.94. The topological polar surface area (TPSA) is 125 Å². The number of thiophene rings is 1. The van der Waals surface area contributed by atoms with E-state index < -0.39 is 0 Å². The van der Waals surface area contributed by atoms with E-state index in [1.165, 1.54) is 4.88 Å². The van der Waals surface area contributed by atoms with Crippen LogP contribution in [0.4, 0.5) is 5.82 Å². The van der Waals surface area contributed by atoms with E-state index in [4.69, 9.17) is 10.7 Å². The van der Waals surface area contributed by atoms with Crippen molar-refractivity contribution in [2.45, 2.75) is 13.0 Å². The molecule has 4 N–H and O–H groups in total. The third-order valence-electron chi connectivity index (χ3n) is 6.66. The Balaban J connectivity index is 1.29. The van der Waals surface area contributed by atoms with E-state index >= 15 is 0 Å². The highest BCUT2D eigenvalue weighted by atomic mass is 32.1. The van der Waals surface area contributed by atoms with E-state index in [1.54, 1.807) is 29.9 Å². The van der Waals surface area contributed by atoms with Gasteiger partial charge in [0.1, 0.15) is 17.2 Å². The zero-order chi connectivity index (χ0) is 25.1. The number of nitrogens with one attached hydrogen (secondary N) is 2. The smallest absolute Gasteiger partial charge is 0.147 e. The van der Waals surface area contributed by atoms with Crippen molar-refractivity contribution in [3.8, 4) is 33.2 Å². The monoisotopic (exact) mass is 505 g/mol. The molecular weight excluding hydrogens is 482 g/mol. The normalized spacial score (nSPS) is 13.9. The number of nitrogens with two attached hydrogens (primary N) is 1. The van der Waals surface area contributed by atoms with Crippen molar-refractivity contribution in [3.63, 3.8) is 0 Å². The minimum absolute atomic E-state index is 0.188. The molecule has 0 aliphatic carbocycles. The molecule has 182 valence electrons. The predicted octanol–water partition coefficient (Wildman–Crippen LogP) is 4.87. The number of aromatic nitrogens is 7. The molecule has 0 saturated carbocycles. The van der Waals surface area contributed by atoms with Gasteiger partial charge in [-0.1, -0.05) is 6.58 Å². The fourth-order valence-electron chi connectivity index (χ4n) is 4.68. The lowest BCUT2D eigenvalue weighted by molar-refractivity contribution is 0.514. The number of nitrogens with zero attached hydrogens (tertiary/aromatic N) is 6. The van der Waals surface area contributed by atoms with Gasteiger partial charge >= 0.3 is 0 Å². The average molecular weight is 506 g/mol. The predicted molar refractivity (Wildman–Crippen MR) is 148 cm³/mol. The van der Waals surface area contributed by atoms with Gasteiger partial charge in [-0.25, -0.2) is 4.98 Å². The van der Waals surface area contributed by atoms with E-state index in [1.807, 2.05) is 25.4 Å². The molecule has 6 aromatic heterocycles.